The number of amides is 1. The van der Waals surface area contributed by atoms with Gasteiger partial charge in [-0.3, -0.25) is 4.79 Å². The molecule has 0 fully saturated rings. The summed E-state index contributed by atoms with van der Waals surface area (Å²) in [6.07, 6.45) is 0. The summed E-state index contributed by atoms with van der Waals surface area (Å²) in [6, 6.07) is 8.64. The van der Waals surface area contributed by atoms with Crippen molar-refractivity contribution in [2.75, 3.05) is 23.8 Å². The second-order valence-corrected chi connectivity index (χ2v) is 5.39. The average molecular weight is 318 g/mol. The molecule has 116 valence electrons. The summed E-state index contributed by atoms with van der Waals surface area (Å²) in [5.74, 6) is -0.604. The molecule has 6 heteroatoms. The lowest BCUT2D eigenvalue weighted by Crippen LogP contribution is -2.14. The summed E-state index contributed by atoms with van der Waals surface area (Å²) in [7, 11) is 0. The maximum Gasteiger partial charge on any atom is 0.338 e. The van der Waals surface area contributed by atoms with Gasteiger partial charge in [-0.25, -0.2) is 4.79 Å². The summed E-state index contributed by atoms with van der Waals surface area (Å²) >= 11 is 1.36. The molecule has 0 aliphatic rings. The zero-order valence-electron chi connectivity index (χ0n) is 12.5. The Morgan fingerprint density at radius 3 is 2.64 bits per heavy atom. The number of nitrogens with one attached hydrogen (secondary N) is 2. The highest BCUT2D eigenvalue weighted by molar-refractivity contribution is 7.12. The number of carbonyl (C=O) groups is 2. The third-order valence-corrected chi connectivity index (χ3v) is 3.76. The van der Waals surface area contributed by atoms with E-state index in [2.05, 4.69) is 10.6 Å². The van der Waals surface area contributed by atoms with Crippen LogP contribution in [0.3, 0.4) is 0 Å². The number of esters is 1. The smallest absolute Gasteiger partial charge is 0.338 e. The number of benzene rings is 1. The highest BCUT2D eigenvalue weighted by Gasteiger charge is 2.13. The fraction of sp³-hybridized carbons (Fsp3) is 0.250. The molecule has 5 nitrogen and oxygen atoms in total. The van der Waals surface area contributed by atoms with Crippen LogP contribution in [0.15, 0.2) is 35.7 Å². The lowest BCUT2D eigenvalue weighted by molar-refractivity contribution is 0.0526. The molecular weight excluding hydrogens is 300 g/mol. The highest BCUT2D eigenvalue weighted by Crippen LogP contribution is 2.25. The molecule has 0 unspecified atom stereocenters. The van der Waals surface area contributed by atoms with E-state index < -0.39 is 5.97 Å². The van der Waals surface area contributed by atoms with Crippen molar-refractivity contribution in [1.29, 1.82) is 0 Å². The Bertz CT molecular complexity index is 653. The molecule has 0 bridgehead atoms. The van der Waals surface area contributed by atoms with Crippen LogP contribution in [0.4, 0.5) is 11.4 Å². The van der Waals surface area contributed by atoms with Crippen molar-refractivity contribution in [2.24, 2.45) is 0 Å². The number of rotatable bonds is 6. The fourth-order valence-electron chi connectivity index (χ4n) is 1.93. The quantitative estimate of drug-likeness (QED) is 0.799. The third-order valence-electron chi connectivity index (χ3n) is 2.89. The number of thiophene rings is 1. The number of ether oxygens (including phenoxy) is 1. The van der Waals surface area contributed by atoms with Gasteiger partial charge in [0.2, 0.25) is 0 Å². The molecule has 0 aliphatic carbocycles. The number of anilines is 2. The van der Waals surface area contributed by atoms with Crippen molar-refractivity contribution in [3.8, 4) is 0 Å². The maximum absolute atomic E-state index is 12.2. The van der Waals surface area contributed by atoms with Crippen LogP contribution in [-0.2, 0) is 4.74 Å². The van der Waals surface area contributed by atoms with Crippen molar-refractivity contribution in [2.45, 2.75) is 13.8 Å². The van der Waals surface area contributed by atoms with Crippen LogP contribution in [0.1, 0.15) is 33.9 Å². The zero-order valence-corrected chi connectivity index (χ0v) is 13.3. The van der Waals surface area contributed by atoms with Crippen molar-refractivity contribution >= 4 is 34.6 Å². The summed E-state index contributed by atoms with van der Waals surface area (Å²) in [5, 5.41) is 7.84. The first-order valence-electron chi connectivity index (χ1n) is 7.05. The molecule has 0 atom stereocenters. The van der Waals surface area contributed by atoms with E-state index in [4.69, 9.17) is 4.74 Å². The third kappa shape index (κ3) is 3.85. The summed E-state index contributed by atoms with van der Waals surface area (Å²) in [4.78, 5) is 24.6. The Kier molecular flexibility index (Phi) is 5.55. The summed E-state index contributed by atoms with van der Waals surface area (Å²) in [6.45, 7) is 4.74. The minimum Gasteiger partial charge on any atom is -0.462 e. The minimum absolute atomic E-state index is 0.199. The van der Waals surface area contributed by atoms with Gasteiger partial charge in [0.1, 0.15) is 0 Å². The van der Waals surface area contributed by atoms with Gasteiger partial charge in [-0.05, 0) is 43.5 Å². The summed E-state index contributed by atoms with van der Waals surface area (Å²) < 4.78 is 4.99. The van der Waals surface area contributed by atoms with E-state index in [0.29, 0.717) is 29.3 Å². The second-order valence-electron chi connectivity index (χ2n) is 4.44. The van der Waals surface area contributed by atoms with Gasteiger partial charge >= 0.3 is 5.97 Å². The maximum atomic E-state index is 12.2. The first-order valence-corrected chi connectivity index (χ1v) is 7.93. The van der Waals surface area contributed by atoms with Gasteiger partial charge in [-0.1, -0.05) is 6.07 Å². The molecule has 0 saturated carbocycles. The van der Waals surface area contributed by atoms with E-state index in [-0.39, 0.29) is 5.91 Å². The molecule has 1 heterocycles. The van der Waals surface area contributed by atoms with Crippen LogP contribution >= 0.6 is 11.3 Å². The second kappa shape index (κ2) is 7.61. The first kappa shape index (κ1) is 16.0. The van der Waals surface area contributed by atoms with E-state index >= 15 is 0 Å². The van der Waals surface area contributed by atoms with Gasteiger partial charge < -0.3 is 15.4 Å². The van der Waals surface area contributed by atoms with E-state index in [9.17, 15) is 9.59 Å². The summed E-state index contributed by atoms with van der Waals surface area (Å²) in [5.41, 5.74) is 1.73. The van der Waals surface area contributed by atoms with Crippen molar-refractivity contribution in [3.05, 3.63) is 46.2 Å². The normalized spacial score (nSPS) is 10.1. The van der Waals surface area contributed by atoms with E-state index in [1.807, 2.05) is 18.4 Å². The Balaban J connectivity index is 2.27. The van der Waals surface area contributed by atoms with Gasteiger partial charge in [0.05, 0.1) is 28.4 Å². The molecule has 0 radical (unpaired) electrons. The lowest BCUT2D eigenvalue weighted by atomic mass is 10.1. The van der Waals surface area contributed by atoms with Crippen molar-refractivity contribution in [3.63, 3.8) is 0 Å². The Morgan fingerprint density at radius 2 is 2.00 bits per heavy atom. The van der Waals surface area contributed by atoms with Crippen molar-refractivity contribution in [1.82, 2.24) is 0 Å². The van der Waals surface area contributed by atoms with Crippen LogP contribution in [0.2, 0.25) is 0 Å². The molecule has 0 saturated heterocycles. The monoisotopic (exact) mass is 318 g/mol. The highest BCUT2D eigenvalue weighted by atomic mass is 32.1. The lowest BCUT2D eigenvalue weighted by Gasteiger charge is -2.13. The molecule has 2 aromatic rings. The molecule has 0 spiro atoms. The minimum atomic E-state index is -0.405. The fourth-order valence-corrected chi connectivity index (χ4v) is 2.54. The Labute approximate surface area is 133 Å². The molecular formula is C16H18N2O3S. The van der Waals surface area contributed by atoms with Gasteiger partial charge in [0, 0.05) is 6.54 Å². The number of hydrogen-bond acceptors (Lipinski definition) is 5. The van der Waals surface area contributed by atoms with Gasteiger partial charge in [0.15, 0.2) is 0 Å². The van der Waals surface area contributed by atoms with Gasteiger partial charge in [0.25, 0.3) is 5.91 Å². The van der Waals surface area contributed by atoms with Crippen LogP contribution in [0.25, 0.3) is 0 Å². The van der Waals surface area contributed by atoms with Crippen LogP contribution in [-0.4, -0.2) is 25.0 Å². The first-order chi connectivity index (χ1) is 10.7. The number of hydrogen-bond donors (Lipinski definition) is 2. The largest absolute Gasteiger partial charge is 0.462 e. The van der Waals surface area contributed by atoms with Gasteiger partial charge in [-0.2, -0.15) is 0 Å². The molecule has 2 rings (SSSR count). The van der Waals surface area contributed by atoms with E-state index in [1.165, 1.54) is 11.3 Å². The van der Waals surface area contributed by atoms with Crippen molar-refractivity contribution < 1.29 is 14.3 Å². The van der Waals surface area contributed by atoms with E-state index in [1.54, 1.807) is 31.2 Å². The van der Waals surface area contributed by atoms with Crippen LogP contribution in [0.5, 0.6) is 0 Å². The predicted octanol–water partition coefficient (Wildman–Crippen LogP) is 3.61. The molecule has 1 aromatic heterocycles. The molecule has 1 amide bonds. The zero-order chi connectivity index (χ0) is 15.9. The predicted molar refractivity (Wildman–Crippen MR) is 88.8 cm³/mol. The Morgan fingerprint density at radius 1 is 1.18 bits per heavy atom. The molecule has 22 heavy (non-hydrogen) atoms. The average Bonchev–Trinajstić information content (AvgIpc) is 3.04. The standard InChI is InChI=1S/C16H18N2O3S/c1-3-17-12-8-7-11(16(20)21-4-2)10-13(12)18-15(19)14-6-5-9-22-14/h5-10,17H,3-4H2,1-2H3,(H,18,19). The topological polar surface area (TPSA) is 67.4 Å². The molecule has 1 aromatic carbocycles. The molecule has 0 aliphatic heterocycles. The van der Waals surface area contributed by atoms with Crippen LogP contribution in [0, 0.1) is 0 Å². The molecule has 2 N–H and O–H groups in total. The van der Waals surface area contributed by atoms with E-state index in [0.717, 1.165) is 5.69 Å². The van der Waals surface area contributed by atoms with Gasteiger partial charge in [-0.15, -0.1) is 11.3 Å². The van der Waals surface area contributed by atoms with Crippen LogP contribution < -0.4 is 10.6 Å². The number of carbonyl (C=O) groups excluding carboxylic acids is 2. The Hall–Kier alpha value is -2.34. The SMILES string of the molecule is CCNc1ccc(C(=O)OCC)cc1NC(=O)c1cccs1.